The Morgan fingerprint density at radius 2 is 1.04 bits per heavy atom. The quantitative estimate of drug-likeness (QED) is 0.684. The first-order valence-electron chi connectivity index (χ1n) is 8.31. The van der Waals surface area contributed by atoms with Gasteiger partial charge in [-0.25, -0.2) is 4.79 Å². The molecular formula is C22H20O5. The highest BCUT2D eigenvalue weighted by Gasteiger charge is 2.20. The third-order valence-corrected chi connectivity index (χ3v) is 4.36. The van der Waals surface area contributed by atoms with Crippen molar-refractivity contribution >= 4 is 5.97 Å². The van der Waals surface area contributed by atoms with Gasteiger partial charge in [0.05, 0.1) is 26.9 Å². The summed E-state index contributed by atoms with van der Waals surface area (Å²) in [5.41, 5.74) is 2.90. The molecule has 0 aliphatic carbocycles. The molecule has 0 fully saturated rings. The Morgan fingerprint density at radius 1 is 0.667 bits per heavy atom. The zero-order chi connectivity index (χ0) is 19.4. The molecule has 0 atom stereocenters. The van der Waals surface area contributed by atoms with Crippen LogP contribution in [0.5, 0.6) is 17.2 Å². The molecule has 3 rings (SSSR count). The maximum absolute atomic E-state index is 12.1. The van der Waals surface area contributed by atoms with Gasteiger partial charge in [0, 0.05) is 11.1 Å². The van der Waals surface area contributed by atoms with E-state index in [-0.39, 0.29) is 5.56 Å². The summed E-state index contributed by atoms with van der Waals surface area (Å²) in [7, 11) is 4.74. The predicted molar refractivity (Wildman–Crippen MR) is 104 cm³/mol. The second-order valence-corrected chi connectivity index (χ2v) is 5.86. The highest BCUT2D eigenvalue weighted by molar-refractivity contribution is 6.03. The predicted octanol–water partition coefficient (Wildman–Crippen LogP) is 4.74. The molecule has 0 aromatic heterocycles. The van der Waals surface area contributed by atoms with Crippen molar-refractivity contribution in [3.63, 3.8) is 0 Å². The smallest absolute Gasteiger partial charge is 0.336 e. The fraction of sp³-hybridized carbons (Fsp3) is 0.136. The number of carbonyl (C=O) groups is 1. The monoisotopic (exact) mass is 364 g/mol. The molecule has 5 nitrogen and oxygen atoms in total. The van der Waals surface area contributed by atoms with Crippen LogP contribution in [0.2, 0.25) is 0 Å². The molecule has 138 valence electrons. The summed E-state index contributed by atoms with van der Waals surface area (Å²) in [6, 6.07) is 18.0. The largest absolute Gasteiger partial charge is 0.497 e. The molecule has 3 aromatic rings. The van der Waals surface area contributed by atoms with Crippen molar-refractivity contribution < 1.29 is 24.1 Å². The molecule has 0 bridgehead atoms. The van der Waals surface area contributed by atoms with E-state index in [9.17, 15) is 9.90 Å². The zero-order valence-electron chi connectivity index (χ0n) is 15.4. The van der Waals surface area contributed by atoms with Gasteiger partial charge in [0.2, 0.25) is 0 Å². The lowest BCUT2D eigenvalue weighted by Crippen LogP contribution is -2.04. The van der Waals surface area contributed by atoms with Crippen LogP contribution in [0.1, 0.15) is 10.4 Å². The van der Waals surface area contributed by atoms with Crippen molar-refractivity contribution in [2.45, 2.75) is 0 Å². The van der Waals surface area contributed by atoms with Gasteiger partial charge >= 0.3 is 5.97 Å². The summed E-state index contributed by atoms with van der Waals surface area (Å²) in [6.07, 6.45) is 0. The van der Waals surface area contributed by atoms with Gasteiger partial charge in [0.1, 0.15) is 17.2 Å². The SMILES string of the molecule is COc1ccc(-c2cc(OC)cc(-c3ccc(OC)cc3)c2C(=O)O)cc1. The number of ether oxygens (including phenoxy) is 3. The summed E-state index contributed by atoms with van der Waals surface area (Å²) in [4.78, 5) is 12.1. The second-order valence-electron chi connectivity index (χ2n) is 5.86. The summed E-state index contributed by atoms with van der Waals surface area (Å²) in [5, 5.41) is 9.94. The van der Waals surface area contributed by atoms with Crippen molar-refractivity contribution in [3.8, 4) is 39.5 Å². The van der Waals surface area contributed by atoms with Gasteiger partial charge in [-0.1, -0.05) is 24.3 Å². The maximum atomic E-state index is 12.1. The standard InChI is InChI=1S/C22H20O5/c1-25-16-8-4-14(5-9-16)19-12-18(27-3)13-20(21(19)22(23)24)15-6-10-17(26-2)11-7-15/h4-13H,1-3H3,(H,23,24). The molecule has 3 aromatic carbocycles. The van der Waals surface area contributed by atoms with Crippen molar-refractivity contribution in [2.75, 3.05) is 21.3 Å². The van der Waals surface area contributed by atoms with Crippen LogP contribution < -0.4 is 14.2 Å². The lowest BCUT2D eigenvalue weighted by atomic mass is 9.91. The third kappa shape index (κ3) is 3.72. The van der Waals surface area contributed by atoms with Gasteiger partial charge in [-0.15, -0.1) is 0 Å². The van der Waals surface area contributed by atoms with Gasteiger partial charge in [0.15, 0.2) is 0 Å². The number of methoxy groups -OCH3 is 3. The minimum Gasteiger partial charge on any atom is -0.497 e. The molecule has 0 unspecified atom stereocenters. The highest BCUT2D eigenvalue weighted by Crippen LogP contribution is 2.37. The molecular weight excluding hydrogens is 344 g/mol. The van der Waals surface area contributed by atoms with Gasteiger partial charge in [-0.2, -0.15) is 0 Å². The van der Waals surface area contributed by atoms with Crippen molar-refractivity contribution in [1.82, 2.24) is 0 Å². The Kier molecular flexibility index (Phi) is 5.31. The fourth-order valence-electron chi connectivity index (χ4n) is 2.96. The Bertz CT molecular complexity index is 875. The fourth-order valence-corrected chi connectivity index (χ4v) is 2.96. The first-order valence-corrected chi connectivity index (χ1v) is 8.31. The van der Waals surface area contributed by atoms with Gasteiger partial charge in [-0.3, -0.25) is 0 Å². The summed E-state index contributed by atoms with van der Waals surface area (Å²) in [6.45, 7) is 0. The first kappa shape index (κ1) is 18.3. The van der Waals surface area contributed by atoms with Crippen LogP contribution in [0.25, 0.3) is 22.3 Å². The van der Waals surface area contributed by atoms with Crippen LogP contribution in [0, 0.1) is 0 Å². The lowest BCUT2D eigenvalue weighted by molar-refractivity contribution is 0.0698. The molecule has 0 spiro atoms. The normalized spacial score (nSPS) is 10.3. The van der Waals surface area contributed by atoms with E-state index >= 15 is 0 Å². The van der Waals surface area contributed by atoms with E-state index in [0.717, 1.165) is 11.1 Å². The first-order chi connectivity index (χ1) is 13.1. The van der Waals surface area contributed by atoms with Crippen molar-refractivity contribution in [3.05, 3.63) is 66.2 Å². The van der Waals surface area contributed by atoms with E-state index in [1.807, 2.05) is 24.3 Å². The highest BCUT2D eigenvalue weighted by atomic mass is 16.5. The van der Waals surface area contributed by atoms with Crippen LogP contribution >= 0.6 is 0 Å². The zero-order valence-corrected chi connectivity index (χ0v) is 15.4. The van der Waals surface area contributed by atoms with Crippen LogP contribution in [0.4, 0.5) is 0 Å². The second kappa shape index (κ2) is 7.83. The minimum absolute atomic E-state index is 0.214. The van der Waals surface area contributed by atoms with Gasteiger partial charge < -0.3 is 19.3 Å². The lowest BCUT2D eigenvalue weighted by Gasteiger charge is -2.15. The van der Waals surface area contributed by atoms with E-state index < -0.39 is 5.97 Å². The van der Waals surface area contributed by atoms with Crippen molar-refractivity contribution in [2.24, 2.45) is 0 Å². The van der Waals surface area contributed by atoms with E-state index in [0.29, 0.717) is 28.4 Å². The molecule has 1 N–H and O–H groups in total. The Labute approximate surface area is 157 Å². The maximum Gasteiger partial charge on any atom is 0.336 e. The van der Waals surface area contributed by atoms with Crippen LogP contribution in [-0.4, -0.2) is 32.4 Å². The average molecular weight is 364 g/mol. The Morgan fingerprint density at radius 3 is 1.33 bits per heavy atom. The number of rotatable bonds is 6. The van der Waals surface area contributed by atoms with Crippen LogP contribution in [-0.2, 0) is 0 Å². The number of aromatic carboxylic acids is 1. The number of carboxylic acid groups (broad SMARTS) is 1. The molecule has 0 saturated carbocycles. The summed E-state index contributed by atoms with van der Waals surface area (Å²) >= 11 is 0. The molecule has 0 aliphatic rings. The number of carboxylic acids is 1. The molecule has 27 heavy (non-hydrogen) atoms. The Hall–Kier alpha value is -3.47. The molecule has 0 saturated heterocycles. The van der Waals surface area contributed by atoms with Gasteiger partial charge in [0.25, 0.3) is 0 Å². The third-order valence-electron chi connectivity index (χ3n) is 4.36. The van der Waals surface area contributed by atoms with E-state index in [4.69, 9.17) is 14.2 Å². The number of hydrogen-bond donors (Lipinski definition) is 1. The molecule has 0 amide bonds. The molecule has 0 heterocycles. The molecule has 0 radical (unpaired) electrons. The van der Waals surface area contributed by atoms with E-state index in [1.165, 1.54) is 0 Å². The number of benzene rings is 3. The topological polar surface area (TPSA) is 65.0 Å². The summed E-state index contributed by atoms with van der Waals surface area (Å²) < 4.78 is 15.8. The van der Waals surface area contributed by atoms with Gasteiger partial charge in [-0.05, 0) is 47.5 Å². The van der Waals surface area contributed by atoms with Crippen molar-refractivity contribution in [1.29, 1.82) is 0 Å². The van der Waals surface area contributed by atoms with E-state index in [2.05, 4.69) is 0 Å². The van der Waals surface area contributed by atoms with Crippen LogP contribution in [0.3, 0.4) is 0 Å². The number of hydrogen-bond acceptors (Lipinski definition) is 4. The van der Waals surface area contributed by atoms with Crippen LogP contribution in [0.15, 0.2) is 60.7 Å². The summed E-state index contributed by atoms with van der Waals surface area (Å²) in [5.74, 6) is 0.980. The molecule has 0 aliphatic heterocycles. The average Bonchev–Trinajstić information content (AvgIpc) is 2.72. The van der Waals surface area contributed by atoms with E-state index in [1.54, 1.807) is 57.7 Å². The Balaban J connectivity index is 2.24. The molecule has 5 heteroatoms. The minimum atomic E-state index is -1.01.